The van der Waals surface area contributed by atoms with E-state index >= 15 is 0 Å². The average molecular weight is 299 g/mol. The van der Waals surface area contributed by atoms with Gasteiger partial charge in [0, 0.05) is 25.5 Å². The van der Waals surface area contributed by atoms with Crippen molar-refractivity contribution < 1.29 is 4.79 Å². The van der Waals surface area contributed by atoms with Gasteiger partial charge in [0.15, 0.2) is 0 Å². The van der Waals surface area contributed by atoms with Crippen molar-refractivity contribution in [3.63, 3.8) is 0 Å². The maximum Gasteiger partial charge on any atom is 0.345 e. The van der Waals surface area contributed by atoms with Crippen LogP contribution in [0.5, 0.6) is 0 Å². The molecule has 1 heterocycles. The fourth-order valence-corrected chi connectivity index (χ4v) is 1.78. The second-order valence-corrected chi connectivity index (χ2v) is 4.94. The topological polar surface area (TPSA) is 90.4 Å². The van der Waals surface area contributed by atoms with Gasteiger partial charge in [0.2, 0.25) is 0 Å². The molecule has 2 N–H and O–H groups in total. The first-order chi connectivity index (χ1) is 10.5. The smallest absolute Gasteiger partial charge is 0.345 e. The molecular weight excluding hydrogens is 282 g/mol. The largest absolute Gasteiger partial charge is 0.378 e. The highest BCUT2D eigenvalue weighted by Gasteiger charge is 2.07. The summed E-state index contributed by atoms with van der Waals surface area (Å²) >= 11 is 0. The third-order valence-corrected chi connectivity index (χ3v) is 2.90. The van der Waals surface area contributed by atoms with Crippen LogP contribution >= 0.6 is 0 Å². The number of carbonyl (C=O) groups is 1. The van der Waals surface area contributed by atoms with Crippen molar-refractivity contribution in [1.82, 2.24) is 15.4 Å². The van der Waals surface area contributed by atoms with E-state index in [9.17, 15) is 9.59 Å². The van der Waals surface area contributed by atoms with E-state index < -0.39 is 11.6 Å². The molecule has 0 aliphatic heterocycles. The lowest BCUT2D eigenvalue weighted by molar-refractivity contribution is 0.0949. The number of benzene rings is 1. The predicted octanol–water partition coefficient (Wildman–Crippen LogP) is 0.908. The summed E-state index contributed by atoms with van der Waals surface area (Å²) in [7, 11) is 3.92. The fraction of sp³-hybridized carbons (Fsp3) is 0.200. The summed E-state index contributed by atoms with van der Waals surface area (Å²) in [5.74, 6) is -0.532. The van der Waals surface area contributed by atoms with Crippen molar-refractivity contribution >= 4 is 17.8 Å². The van der Waals surface area contributed by atoms with Crippen LogP contribution in [-0.4, -0.2) is 36.2 Å². The zero-order valence-corrected chi connectivity index (χ0v) is 12.6. The molecule has 2 rings (SSSR count). The van der Waals surface area contributed by atoms with Crippen LogP contribution in [0.4, 0.5) is 5.69 Å². The normalized spacial score (nSPS) is 10.7. The predicted molar refractivity (Wildman–Crippen MR) is 85.4 cm³/mol. The molecule has 22 heavy (non-hydrogen) atoms. The van der Waals surface area contributed by atoms with Crippen LogP contribution in [0.25, 0.3) is 0 Å². The minimum Gasteiger partial charge on any atom is -0.378 e. The number of hydrazone groups is 1. The minimum absolute atomic E-state index is 0.0290. The van der Waals surface area contributed by atoms with Gasteiger partial charge in [-0.3, -0.25) is 4.79 Å². The molecule has 1 aromatic heterocycles. The number of aryl methyl sites for hydroxylation is 1. The molecule has 7 nitrogen and oxygen atoms in total. The molecule has 0 bridgehead atoms. The SMILES string of the molecule is Cc1cc(C(=O)N/N=C/c2ccc(N(C)C)cc2)nc(=O)[nH]1. The zero-order valence-electron chi connectivity index (χ0n) is 12.6. The number of hydrogen-bond acceptors (Lipinski definition) is 5. The number of nitrogens with one attached hydrogen (secondary N) is 2. The molecule has 1 aromatic carbocycles. The van der Waals surface area contributed by atoms with Gasteiger partial charge in [-0.25, -0.2) is 10.2 Å². The van der Waals surface area contributed by atoms with E-state index in [2.05, 4.69) is 20.5 Å². The van der Waals surface area contributed by atoms with E-state index in [4.69, 9.17) is 0 Å². The van der Waals surface area contributed by atoms with Gasteiger partial charge in [0.05, 0.1) is 6.21 Å². The van der Waals surface area contributed by atoms with Crippen molar-refractivity contribution in [2.24, 2.45) is 5.10 Å². The Morgan fingerprint density at radius 1 is 1.32 bits per heavy atom. The van der Waals surface area contributed by atoms with E-state index in [-0.39, 0.29) is 5.69 Å². The number of amides is 1. The van der Waals surface area contributed by atoms with Crippen molar-refractivity contribution in [3.8, 4) is 0 Å². The molecule has 114 valence electrons. The number of hydrogen-bond donors (Lipinski definition) is 2. The second-order valence-electron chi connectivity index (χ2n) is 4.94. The Bertz CT molecular complexity index is 747. The Hall–Kier alpha value is -2.96. The molecule has 0 atom stereocenters. The van der Waals surface area contributed by atoms with Gasteiger partial charge in [0.25, 0.3) is 5.91 Å². The van der Waals surface area contributed by atoms with Gasteiger partial charge in [0.1, 0.15) is 5.69 Å². The maximum absolute atomic E-state index is 11.8. The molecule has 0 aliphatic rings. The molecule has 7 heteroatoms. The van der Waals surface area contributed by atoms with Crippen LogP contribution in [0.2, 0.25) is 0 Å². The molecule has 1 amide bonds. The number of aromatic nitrogens is 2. The second kappa shape index (κ2) is 6.66. The summed E-state index contributed by atoms with van der Waals surface area (Å²) in [6.45, 7) is 1.68. The number of anilines is 1. The summed E-state index contributed by atoms with van der Waals surface area (Å²) in [6, 6.07) is 9.16. The number of H-pyrrole nitrogens is 1. The lowest BCUT2D eigenvalue weighted by Crippen LogP contribution is -2.24. The van der Waals surface area contributed by atoms with Crippen molar-refractivity contribution in [1.29, 1.82) is 0 Å². The average Bonchev–Trinajstić information content (AvgIpc) is 2.46. The highest BCUT2D eigenvalue weighted by molar-refractivity contribution is 5.93. The Balaban J connectivity index is 2.02. The monoisotopic (exact) mass is 299 g/mol. The van der Waals surface area contributed by atoms with Gasteiger partial charge in [-0.2, -0.15) is 10.1 Å². The molecular formula is C15H17N5O2. The van der Waals surface area contributed by atoms with Crippen molar-refractivity contribution in [2.75, 3.05) is 19.0 Å². The van der Waals surface area contributed by atoms with E-state index in [0.717, 1.165) is 11.3 Å². The lowest BCUT2D eigenvalue weighted by atomic mass is 10.2. The number of aromatic amines is 1. The summed E-state index contributed by atoms with van der Waals surface area (Å²) in [4.78, 5) is 31.1. The van der Waals surface area contributed by atoms with Gasteiger partial charge in [-0.1, -0.05) is 12.1 Å². The first-order valence-electron chi connectivity index (χ1n) is 6.64. The van der Waals surface area contributed by atoms with E-state index in [1.807, 2.05) is 43.3 Å². The van der Waals surface area contributed by atoms with Gasteiger partial charge < -0.3 is 9.88 Å². The number of carbonyl (C=O) groups excluding carboxylic acids is 1. The molecule has 0 fully saturated rings. The first kappa shape index (κ1) is 15.4. The zero-order chi connectivity index (χ0) is 16.1. The van der Waals surface area contributed by atoms with Gasteiger partial charge in [-0.15, -0.1) is 0 Å². The highest BCUT2D eigenvalue weighted by atomic mass is 16.2. The lowest BCUT2D eigenvalue weighted by Gasteiger charge is -2.11. The summed E-state index contributed by atoms with van der Waals surface area (Å²) < 4.78 is 0. The molecule has 0 saturated carbocycles. The molecule has 0 unspecified atom stereocenters. The van der Waals surface area contributed by atoms with Crippen LogP contribution in [0.3, 0.4) is 0 Å². The Kier molecular flexibility index (Phi) is 4.67. The summed E-state index contributed by atoms with van der Waals surface area (Å²) in [6.07, 6.45) is 1.53. The van der Waals surface area contributed by atoms with Crippen LogP contribution in [-0.2, 0) is 0 Å². The number of rotatable bonds is 4. The molecule has 2 aromatic rings. The van der Waals surface area contributed by atoms with E-state index in [1.54, 1.807) is 6.92 Å². The maximum atomic E-state index is 11.8. The molecule has 0 aliphatic carbocycles. The third kappa shape index (κ3) is 4.02. The quantitative estimate of drug-likeness (QED) is 0.648. The van der Waals surface area contributed by atoms with E-state index in [1.165, 1.54) is 12.3 Å². The summed E-state index contributed by atoms with van der Waals surface area (Å²) in [5, 5.41) is 3.86. The van der Waals surface area contributed by atoms with Crippen molar-refractivity contribution in [3.05, 3.63) is 57.8 Å². The molecule has 0 radical (unpaired) electrons. The molecule has 0 saturated heterocycles. The first-order valence-corrected chi connectivity index (χ1v) is 6.64. The van der Waals surface area contributed by atoms with Gasteiger partial charge in [-0.05, 0) is 30.7 Å². The van der Waals surface area contributed by atoms with Crippen LogP contribution in [0, 0.1) is 6.92 Å². The van der Waals surface area contributed by atoms with Gasteiger partial charge >= 0.3 is 5.69 Å². The fourth-order valence-electron chi connectivity index (χ4n) is 1.78. The number of nitrogens with zero attached hydrogens (tertiary/aromatic N) is 3. The Morgan fingerprint density at radius 2 is 2.00 bits per heavy atom. The third-order valence-electron chi connectivity index (χ3n) is 2.90. The van der Waals surface area contributed by atoms with Crippen LogP contribution in [0.1, 0.15) is 21.7 Å². The van der Waals surface area contributed by atoms with Crippen LogP contribution < -0.4 is 16.0 Å². The van der Waals surface area contributed by atoms with Crippen molar-refractivity contribution in [2.45, 2.75) is 6.92 Å². The van der Waals surface area contributed by atoms with Crippen LogP contribution in [0.15, 0.2) is 40.2 Å². The Labute approximate surface area is 127 Å². The standard InChI is InChI=1S/C15H17N5O2/c1-10-8-13(18-15(22)17-10)14(21)19-16-9-11-4-6-12(7-5-11)20(2)3/h4-9H,1-3H3,(H,19,21)(H,17,18,22)/b16-9+. The van der Waals surface area contributed by atoms with E-state index in [0.29, 0.717) is 5.69 Å². The minimum atomic E-state index is -0.562. The summed E-state index contributed by atoms with van der Waals surface area (Å²) in [5.41, 5.74) is 4.30. The molecule has 0 spiro atoms. The highest BCUT2D eigenvalue weighted by Crippen LogP contribution is 2.10. The Morgan fingerprint density at radius 3 is 2.59 bits per heavy atom.